The summed E-state index contributed by atoms with van der Waals surface area (Å²) < 4.78 is 27.8. The van der Waals surface area contributed by atoms with Crippen molar-refractivity contribution in [2.75, 3.05) is 11.9 Å². The number of carbonyl (C=O) groups excluding carboxylic acids is 2. The molecule has 0 unspecified atom stereocenters. The average Bonchev–Trinajstić information content (AvgIpc) is 3.43. The van der Waals surface area contributed by atoms with Crippen molar-refractivity contribution >= 4 is 38.3 Å². The highest BCUT2D eigenvalue weighted by atomic mass is 32.2. The Morgan fingerprint density at radius 3 is 2.52 bits per heavy atom. The van der Waals surface area contributed by atoms with Gasteiger partial charge in [0.15, 0.2) is 0 Å². The fourth-order valence-electron chi connectivity index (χ4n) is 3.44. The number of nitrogens with zero attached hydrogens (tertiary/aromatic N) is 3. The minimum absolute atomic E-state index is 0.0468. The highest BCUT2D eigenvalue weighted by Crippen LogP contribution is 2.22. The van der Waals surface area contributed by atoms with Gasteiger partial charge in [-0.15, -0.1) is 10.2 Å². The molecule has 9 nitrogen and oxygen atoms in total. The van der Waals surface area contributed by atoms with E-state index in [9.17, 15) is 18.0 Å². The van der Waals surface area contributed by atoms with Crippen LogP contribution in [0.1, 0.15) is 39.9 Å². The molecule has 1 saturated heterocycles. The van der Waals surface area contributed by atoms with Crippen LogP contribution in [0.3, 0.4) is 0 Å². The minimum atomic E-state index is -3.94. The summed E-state index contributed by atoms with van der Waals surface area (Å²) in [6.07, 6.45) is 1.39. The van der Waals surface area contributed by atoms with E-state index in [0.29, 0.717) is 25.1 Å². The Hall–Kier alpha value is -3.15. The average molecular weight is 486 g/mol. The van der Waals surface area contributed by atoms with E-state index in [0.717, 1.165) is 34.4 Å². The van der Waals surface area contributed by atoms with E-state index in [1.165, 1.54) is 0 Å². The Morgan fingerprint density at radius 2 is 1.82 bits per heavy atom. The molecule has 1 aliphatic rings. The molecule has 1 aliphatic heterocycles. The van der Waals surface area contributed by atoms with Crippen LogP contribution in [0.15, 0.2) is 52.9 Å². The Balaban J connectivity index is 1.41. The molecular weight excluding hydrogens is 462 g/mol. The summed E-state index contributed by atoms with van der Waals surface area (Å²) in [5.41, 5.74) is 3.12. The Kier molecular flexibility index (Phi) is 6.82. The molecule has 2 heterocycles. The zero-order chi connectivity index (χ0) is 23.4. The lowest BCUT2D eigenvalue weighted by Gasteiger charge is -2.18. The number of sulfonamides is 1. The quantitative estimate of drug-likeness (QED) is 0.473. The first-order valence-corrected chi connectivity index (χ1v) is 12.7. The molecule has 1 fully saturated rings. The highest BCUT2D eigenvalue weighted by molar-refractivity contribution is 7.91. The molecule has 2 amide bonds. The number of anilines is 1. The maximum absolute atomic E-state index is 12.7. The van der Waals surface area contributed by atoms with Crippen LogP contribution < -0.4 is 10.0 Å². The lowest BCUT2D eigenvalue weighted by atomic mass is 10.1. The third-order valence-corrected chi connectivity index (χ3v) is 7.88. The van der Waals surface area contributed by atoms with Gasteiger partial charge in [-0.2, -0.15) is 0 Å². The van der Waals surface area contributed by atoms with Gasteiger partial charge >= 0.3 is 0 Å². The maximum atomic E-state index is 12.7. The summed E-state index contributed by atoms with van der Waals surface area (Å²) in [4.78, 5) is 26.1. The molecule has 0 aliphatic carbocycles. The van der Waals surface area contributed by atoms with Crippen molar-refractivity contribution in [2.45, 2.75) is 37.2 Å². The largest absolute Gasteiger partial charge is 0.338 e. The molecule has 3 aromatic rings. The van der Waals surface area contributed by atoms with Gasteiger partial charge in [-0.05, 0) is 36.6 Å². The van der Waals surface area contributed by atoms with Gasteiger partial charge in [0.05, 0.1) is 0 Å². The Morgan fingerprint density at radius 1 is 1.09 bits per heavy atom. The lowest BCUT2D eigenvalue weighted by molar-refractivity contribution is -0.128. The molecule has 4 rings (SSSR count). The van der Waals surface area contributed by atoms with Gasteiger partial charge in [-0.3, -0.25) is 14.9 Å². The van der Waals surface area contributed by atoms with Crippen molar-refractivity contribution in [2.24, 2.45) is 0 Å². The monoisotopic (exact) mass is 485 g/mol. The normalized spacial score (nSPS) is 14.0. The highest BCUT2D eigenvalue weighted by Gasteiger charge is 2.23. The van der Waals surface area contributed by atoms with E-state index in [1.807, 2.05) is 43.3 Å². The third kappa shape index (κ3) is 5.62. The molecule has 11 heteroatoms. The van der Waals surface area contributed by atoms with Gasteiger partial charge in [0.25, 0.3) is 15.9 Å². The lowest BCUT2D eigenvalue weighted by Crippen LogP contribution is -2.27. The molecule has 2 N–H and O–H groups in total. The topological polar surface area (TPSA) is 121 Å². The molecule has 0 saturated carbocycles. The molecule has 0 bridgehead atoms. The van der Waals surface area contributed by atoms with Crippen molar-refractivity contribution in [3.05, 3.63) is 70.8 Å². The van der Waals surface area contributed by atoms with E-state index < -0.39 is 15.9 Å². The van der Waals surface area contributed by atoms with Gasteiger partial charge in [-0.1, -0.05) is 53.3 Å². The first kappa shape index (κ1) is 23.0. The zero-order valence-corrected chi connectivity index (χ0v) is 19.6. The molecule has 172 valence electrons. The van der Waals surface area contributed by atoms with Crippen LogP contribution in [0.5, 0.6) is 0 Å². The van der Waals surface area contributed by atoms with Gasteiger partial charge in [-0.25, -0.2) is 13.1 Å². The van der Waals surface area contributed by atoms with Crippen molar-refractivity contribution < 1.29 is 18.0 Å². The molecule has 33 heavy (non-hydrogen) atoms. The predicted octanol–water partition coefficient (Wildman–Crippen LogP) is 2.70. The van der Waals surface area contributed by atoms with E-state index >= 15 is 0 Å². The smallest absolute Gasteiger partial charge is 0.270 e. The molecule has 0 spiro atoms. The van der Waals surface area contributed by atoms with Gasteiger partial charge < -0.3 is 4.90 Å². The zero-order valence-electron chi connectivity index (χ0n) is 17.9. The predicted molar refractivity (Wildman–Crippen MR) is 124 cm³/mol. The van der Waals surface area contributed by atoms with Crippen molar-refractivity contribution in [3.63, 3.8) is 0 Å². The number of amides is 2. The number of carbonyl (C=O) groups is 2. The summed E-state index contributed by atoms with van der Waals surface area (Å²) in [6.45, 7) is 3.12. The molecule has 0 radical (unpaired) electrons. The van der Waals surface area contributed by atoms with Crippen molar-refractivity contribution in [1.29, 1.82) is 0 Å². The molecule has 1 aromatic heterocycles. The minimum Gasteiger partial charge on any atom is -0.338 e. The standard InChI is InChI=1S/C22H23N5O4S2/c1-15-8-10-16(11-9-15)20(29)24-21-25-26-22(32-21)33(30,31)23-13-17-5-2-3-6-18(17)14-27-12-4-7-19(27)28/h2-3,5-6,8-11,23H,4,7,12-14H2,1H3,(H,24,25,29). The van der Waals surface area contributed by atoms with Crippen LogP contribution in [-0.4, -0.2) is 41.9 Å². The van der Waals surface area contributed by atoms with E-state index in [1.54, 1.807) is 17.0 Å². The van der Waals surface area contributed by atoms with Gasteiger partial charge in [0, 0.05) is 31.6 Å². The third-order valence-electron chi connectivity index (χ3n) is 5.27. The number of aryl methyl sites for hydroxylation is 1. The van der Waals surface area contributed by atoms with Crippen LogP contribution >= 0.6 is 11.3 Å². The number of hydrogen-bond acceptors (Lipinski definition) is 7. The van der Waals surface area contributed by atoms with Crippen molar-refractivity contribution in [3.8, 4) is 0 Å². The Labute approximate surface area is 195 Å². The fraction of sp³-hybridized carbons (Fsp3) is 0.273. The second-order valence-corrected chi connectivity index (χ2v) is 10.6. The maximum Gasteiger partial charge on any atom is 0.270 e. The number of benzene rings is 2. The van der Waals surface area contributed by atoms with Crippen LogP contribution in [-0.2, 0) is 27.9 Å². The number of aromatic nitrogens is 2. The van der Waals surface area contributed by atoms with Gasteiger partial charge in [0.1, 0.15) is 0 Å². The van der Waals surface area contributed by atoms with E-state index in [-0.39, 0.29) is 21.9 Å². The van der Waals surface area contributed by atoms with Crippen LogP contribution in [0.4, 0.5) is 5.13 Å². The second-order valence-electron chi connectivity index (χ2n) is 7.71. The number of nitrogens with one attached hydrogen (secondary N) is 2. The van der Waals surface area contributed by atoms with Crippen LogP contribution in [0.25, 0.3) is 0 Å². The van der Waals surface area contributed by atoms with E-state index in [2.05, 4.69) is 20.2 Å². The summed E-state index contributed by atoms with van der Waals surface area (Å²) in [6, 6.07) is 14.4. The SMILES string of the molecule is Cc1ccc(C(=O)Nc2nnc(S(=O)(=O)NCc3ccccc3CN3CCCC3=O)s2)cc1. The Bertz CT molecular complexity index is 1270. The van der Waals surface area contributed by atoms with Crippen LogP contribution in [0.2, 0.25) is 0 Å². The number of hydrogen-bond donors (Lipinski definition) is 2. The number of rotatable bonds is 8. The first-order chi connectivity index (χ1) is 15.8. The molecule has 2 aromatic carbocycles. The molecule has 0 atom stereocenters. The van der Waals surface area contributed by atoms with Crippen molar-refractivity contribution in [1.82, 2.24) is 19.8 Å². The van der Waals surface area contributed by atoms with Crippen LogP contribution in [0, 0.1) is 6.92 Å². The second kappa shape index (κ2) is 9.77. The summed E-state index contributed by atoms with van der Waals surface area (Å²) >= 11 is 0.774. The van der Waals surface area contributed by atoms with Gasteiger partial charge in [0.2, 0.25) is 15.4 Å². The fourth-order valence-corrected chi connectivity index (χ4v) is 5.38. The summed E-state index contributed by atoms with van der Waals surface area (Å²) in [5, 5.41) is 10.2. The van der Waals surface area contributed by atoms with E-state index in [4.69, 9.17) is 0 Å². The summed E-state index contributed by atoms with van der Waals surface area (Å²) in [7, 11) is -3.94. The number of likely N-dealkylation sites (tertiary alicyclic amines) is 1. The summed E-state index contributed by atoms with van der Waals surface area (Å²) in [5.74, 6) is -0.284. The first-order valence-electron chi connectivity index (χ1n) is 10.4. The molecular formula is C22H23N5O4S2.